The minimum absolute atomic E-state index is 0.174. The molecule has 0 bridgehead atoms. The van der Waals surface area contributed by atoms with Gasteiger partial charge in [-0.15, -0.1) is 0 Å². The molecule has 1 N–H and O–H groups in total. The standard InChI is InChI=1S/C27H26N4O4/c1-31-16-22(17-7-9-23-18(13-17)11-12-35-23)26(30-31)27(32)25(19-8-10-24(34-3)28-15-19)29-20-5-4-6-21(14-20)33-2/h4-10,13-16,25,29H,11-12H2,1-3H3. The third kappa shape index (κ3) is 4.55. The number of nitrogens with one attached hydrogen (secondary N) is 1. The summed E-state index contributed by atoms with van der Waals surface area (Å²) in [6.45, 7) is 0.675. The number of fused-ring (bicyclic) bond motifs is 1. The fourth-order valence-electron chi connectivity index (χ4n) is 4.24. The predicted molar refractivity (Wildman–Crippen MR) is 132 cm³/mol. The van der Waals surface area contributed by atoms with Crippen LogP contribution < -0.4 is 19.5 Å². The quantitative estimate of drug-likeness (QED) is 0.380. The predicted octanol–water partition coefficient (Wildman–Crippen LogP) is 4.47. The van der Waals surface area contributed by atoms with Gasteiger partial charge in [-0.1, -0.05) is 12.1 Å². The van der Waals surface area contributed by atoms with Crippen molar-refractivity contribution in [2.24, 2.45) is 7.05 Å². The molecule has 4 aromatic rings. The van der Waals surface area contributed by atoms with E-state index in [0.717, 1.165) is 34.5 Å². The van der Waals surface area contributed by atoms with Crippen molar-refractivity contribution >= 4 is 11.5 Å². The number of methoxy groups -OCH3 is 2. The second kappa shape index (κ2) is 9.50. The van der Waals surface area contributed by atoms with Gasteiger partial charge in [-0.05, 0) is 41.5 Å². The summed E-state index contributed by atoms with van der Waals surface area (Å²) in [5.74, 6) is 1.88. The number of pyridine rings is 1. The van der Waals surface area contributed by atoms with Gasteiger partial charge in [-0.25, -0.2) is 4.98 Å². The van der Waals surface area contributed by atoms with E-state index in [4.69, 9.17) is 14.2 Å². The van der Waals surface area contributed by atoms with Crippen molar-refractivity contribution in [1.82, 2.24) is 14.8 Å². The van der Waals surface area contributed by atoms with Gasteiger partial charge >= 0.3 is 0 Å². The lowest BCUT2D eigenvalue weighted by Gasteiger charge is -2.19. The number of rotatable bonds is 8. The van der Waals surface area contributed by atoms with Crippen LogP contribution in [0, 0.1) is 0 Å². The van der Waals surface area contributed by atoms with Crippen molar-refractivity contribution in [2.75, 3.05) is 26.1 Å². The number of ketones is 1. The molecule has 0 saturated heterocycles. The van der Waals surface area contributed by atoms with E-state index in [2.05, 4.69) is 21.5 Å². The van der Waals surface area contributed by atoms with Gasteiger partial charge in [0, 0.05) is 54.8 Å². The summed E-state index contributed by atoms with van der Waals surface area (Å²) in [4.78, 5) is 18.4. The second-order valence-electron chi connectivity index (χ2n) is 8.29. The molecule has 1 atom stereocenters. The molecule has 0 aliphatic carbocycles. The first-order valence-electron chi connectivity index (χ1n) is 11.3. The van der Waals surface area contributed by atoms with E-state index >= 15 is 0 Å². The summed E-state index contributed by atoms with van der Waals surface area (Å²) in [7, 11) is 4.98. The third-order valence-corrected chi connectivity index (χ3v) is 6.01. The number of ether oxygens (including phenoxy) is 3. The molecule has 8 nitrogen and oxygen atoms in total. The van der Waals surface area contributed by atoms with Crippen LogP contribution >= 0.6 is 0 Å². The summed E-state index contributed by atoms with van der Waals surface area (Å²) in [6.07, 6.45) is 4.37. The van der Waals surface area contributed by atoms with Crippen LogP contribution in [0.5, 0.6) is 17.4 Å². The maximum absolute atomic E-state index is 14.0. The summed E-state index contributed by atoms with van der Waals surface area (Å²) >= 11 is 0. The number of anilines is 1. The van der Waals surface area contributed by atoms with Crippen LogP contribution in [0.25, 0.3) is 11.1 Å². The van der Waals surface area contributed by atoms with Crippen molar-refractivity contribution in [1.29, 1.82) is 0 Å². The Balaban J connectivity index is 1.55. The molecule has 3 heterocycles. The Hall–Kier alpha value is -4.33. The fraction of sp³-hybridized carbons (Fsp3) is 0.222. The molecule has 2 aromatic carbocycles. The lowest BCUT2D eigenvalue weighted by atomic mass is 9.96. The first kappa shape index (κ1) is 22.5. The minimum atomic E-state index is -0.730. The number of carbonyl (C=O) groups is 1. The third-order valence-electron chi connectivity index (χ3n) is 6.01. The van der Waals surface area contributed by atoms with Crippen molar-refractivity contribution in [2.45, 2.75) is 12.5 Å². The summed E-state index contributed by atoms with van der Waals surface area (Å²) < 4.78 is 17.9. The Labute approximate surface area is 203 Å². The molecule has 0 spiro atoms. The first-order chi connectivity index (χ1) is 17.1. The highest BCUT2D eigenvalue weighted by Gasteiger charge is 2.28. The van der Waals surface area contributed by atoms with Gasteiger partial charge in [0.25, 0.3) is 0 Å². The molecule has 1 aliphatic rings. The number of benzene rings is 2. The van der Waals surface area contributed by atoms with Crippen molar-refractivity contribution < 1.29 is 19.0 Å². The topological polar surface area (TPSA) is 87.5 Å². The Morgan fingerprint density at radius 1 is 1.11 bits per heavy atom. The highest BCUT2D eigenvalue weighted by atomic mass is 16.5. The fourth-order valence-corrected chi connectivity index (χ4v) is 4.24. The van der Waals surface area contributed by atoms with E-state index in [-0.39, 0.29) is 5.78 Å². The molecule has 0 radical (unpaired) electrons. The second-order valence-corrected chi connectivity index (χ2v) is 8.29. The maximum atomic E-state index is 14.0. The summed E-state index contributed by atoms with van der Waals surface area (Å²) in [6, 6.07) is 16.3. The highest BCUT2D eigenvalue weighted by molar-refractivity contribution is 6.05. The number of hydrogen-bond donors (Lipinski definition) is 1. The molecule has 35 heavy (non-hydrogen) atoms. The first-order valence-corrected chi connectivity index (χ1v) is 11.3. The van der Waals surface area contributed by atoms with Crippen molar-refractivity contribution in [3.05, 3.63) is 83.8 Å². The molecule has 2 aromatic heterocycles. The van der Waals surface area contributed by atoms with Crippen LogP contribution in [0.4, 0.5) is 5.69 Å². The molecule has 1 aliphatic heterocycles. The smallest absolute Gasteiger partial charge is 0.212 e. The zero-order valence-corrected chi connectivity index (χ0v) is 19.8. The normalized spacial score (nSPS) is 13.0. The van der Waals surface area contributed by atoms with Crippen LogP contribution in [0.15, 0.2) is 67.0 Å². The van der Waals surface area contributed by atoms with Gasteiger partial charge < -0.3 is 19.5 Å². The average Bonchev–Trinajstić information content (AvgIpc) is 3.53. The van der Waals surface area contributed by atoms with Gasteiger partial charge in [-0.2, -0.15) is 5.10 Å². The van der Waals surface area contributed by atoms with Crippen molar-refractivity contribution in [3.63, 3.8) is 0 Å². The number of hydrogen-bond acceptors (Lipinski definition) is 7. The number of carbonyl (C=O) groups excluding carboxylic acids is 1. The summed E-state index contributed by atoms with van der Waals surface area (Å²) in [5.41, 5.74) is 4.64. The number of Topliss-reactive ketones (excluding diaryl/α,β-unsaturated/α-hetero) is 1. The van der Waals surface area contributed by atoms with Gasteiger partial charge in [-0.3, -0.25) is 9.48 Å². The van der Waals surface area contributed by atoms with Crippen LogP contribution in [0.2, 0.25) is 0 Å². The molecule has 0 fully saturated rings. The largest absolute Gasteiger partial charge is 0.497 e. The maximum Gasteiger partial charge on any atom is 0.212 e. The number of aryl methyl sites for hydroxylation is 1. The molecule has 1 unspecified atom stereocenters. The van der Waals surface area contributed by atoms with Crippen LogP contribution in [-0.4, -0.2) is 41.4 Å². The van der Waals surface area contributed by atoms with E-state index in [0.29, 0.717) is 29.5 Å². The van der Waals surface area contributed by atoms with Crippen LogP contribution in [0.3, 0.4) is 0 Å². The minimum Gasteiger partial charge on any atom is -0.497 e. The molecule has 0 saturated carbocycles. The van der Waals surface area contributed by atoms with Crippen LogP contribution in [0.1, 0.15) is 27.7 Å². The van der Waals surface area contributed by atoms with Gasteiger partial charge in [0.2, 0.25) is 11.7 Å². The van der Waals surface area contributed by atoms with E-state index in [1.807, 2.05) is 55.7 Å². The number of aromatic nitrogens is 3. The van der Waals surface area contributed by atoms with E-state index in [1.54, 1.807) is 31.2 Å². The molecule has 0 amide bonds. The van der Waals surface area contributed by atoms with Crippen LogP contribution in [-0.2, 0) is 13.5 Å². The Kier molecular flexibility index (Phi) is 6.10. The van der Waals surface area contributed by atoms with Gasteiger partial charge in [0.1, 0.15) is 23.2 Å². The van der Waals surface area contributed by atoms with E-state index in [9.17, 15) is 4.79 Å². The molecule has 5 rings (SSSR count). The number of nitrogens with zero attached hydrogens (tertiary/aromatic N) is 3. The van der Waals surface area contributed by atoms with Gasteiger partial charge in [0.15, 0.2) is 0 Å². The Morgan fingerprint density at radius 2 is 2.00 bits per heavy atom. The average molecular weight is 471 g/mol. The molecular formula is C27H26N4O4. The molecular weight excluding hydrogens is 444 g/mol. The lowest BCUT2D eigenvalue weighted by Crippen LogP contribution is -2.22. The highest BCUT2D eigenvalue weighted by Crippen LogP contribution is 2.34. The van der Waals surface area contributed by atoms with Gasteiger partial charge in [0.05, 0.1) is 20.8 Å². The lowest BCUT2D eigenvalue weighted by molar-refractivity contribution is 0.0964. The van der Waals surface area contributed by atoms with E-state index < -0.39 is 6.04 Å². The zero-order valence-electron chi connectivity index (χ0n) is 19.8. The van der Waals surface area contributed by atoms with E-state index in [1.165, 1.54) is 0 Å². The summed E-state index contributed by atoms with van der Waals surface area (Å²) in [5, 5.41) is 7.92. The monoisotopic (exact) mass is 470 g/mol. The SMILES string of the molecule is COc1cccc(NC(C(=O)c2nn(C)cc2-c2ccc3c(c2)CCO3)c2ccc(OC)nc2)c1. The van der Waals surface area contributed by atoms with Crippen molar-refractivity contribution in [3.8, 4) is 28.5 Å². The Morgan fingerprint density at radius 3 is 2.77 bits per heavy atom. The molecule has 178 valence electrons. The zero-order chi connectivity index (χ0) is 24.4. The Bertz CT molecular complexity index is 1360. The molecule has 8 heteroatoms.